The number of benzene rings is 2. The van der Waals surface area contributed by atoms with Crippen LogP contribution in [0.3, 0.4) is 0 Å². The fourth-order valence-electron chi connectivity index (χ4n) is 4.08. The van der Waals surface area contributed by atoms with Crippen molar-refractivity contribution in [2.24, 2.45) is 0 Å². The van der Waals surface area contributed by atoms with E-state index in [1.807, 2.05) is 31.2 Å². The maximum Gasteiger partial charge on any atom is 0.295 e. The molecule has 1 aliphatic rings. The standard InChI is InChI=1S/C25H26N2O4S/c1-3-16-10-11-19-22(13-16)32-25(26-19)27(15-18-8-6-12-30-18)24(28)21-14-17-7-5-9-20(29-4-2)23(17)31-21/h5,7,9-11,13-14,18H,3-4,6,8,12,15H2,1-2H3. The predicted octanol–water partition coefficient (Wildman–Crippen LogP) is 5.83. The molecule has 4 aromatic rings. The smallest absolute Gasteiger partial charge is 0.295 e. The second kappa shape index (κ2) is 8.92. The third kappa shape index (κ3) is 3.98. The summed E-state index contributed by atoms with van der Waals surface area (Å²) in [6.07, 6.45) is 2.90. The van der Waals surface area contributed by atoms with E-state index in [0.29, 0.717) is 29.6 Å². The molecule has 1 unspecified atom stereocenters. The lowest BCUT2D eigenvalue weighted by Crippen LogP contribution is -2.37. The van der Waals surface area contributed by atoms with Gasteiger partial charge in [-0.15, -0.1) is 0 Å². The number of hydrogen-bond donors (Lipinski definition) is 0. The summed E-state index contributed by atoms with van der Waals surface area (Å²) in [7, 11) is 0. The van der Waals surface area contributed by atoms with Gasteiger partial charge < -0.3 is 13.9 Å². The minimum atomic E-state index is -0.214. The average Bonchev–Trinajstić information content (AvgIpc) is 3.56. The summed E-state index contributed by atoms with van der Waals surface area (Å²) >= 11 is 1.53. The maximum atomic E-state index is 13.7. The Morgan fingerprint density at radius 2 is 2.16 bits per heavy atom. The van der Waals surface area contributed by atoms with E-state index in [1.165, 1.54) is 16.9 Å². The van der Waals surface area contributed by atoms with Crippen molar-refractivity contribution in [1.29, 1.82) is 0 Å². The second-order valence-corrected chi connectivity index (χ2v) is 8.93. The van der Waals surface area contributed by atoms with Crippen LogP contribution in [-0.4, -0.2) is 36.8 Å². The Kier molecular flexibility index (Phi) is 5.85. The van der Waals surface area contributed by atoms with E-state index < -0.39 is 0 Å². The molecule has 0 N–H and O–H groups in total. The Hall–Kier alpha value is -2.90. The Morgan fingerprint density at radius 1 is 1.25 bits per heavy atom. The summed E-state index contributed by atoms with van der Waals surface area (Å²) in [6, 6.07) is 13.7. The Balaban J connectivity index is 1.53. The third-order valence-corrected chi connectivity index (χ3v) is 6.80. The number of hydrogen-bond acceptors (Lipinski definition) is 6. The Bertz CT molecular complexity index is 1260. The number of thiazole rings is 1. The van der Waals surface area contributed by atoms with Gasteiger partial charge in [-0.05, 0) is 56.0 Å². The van der Waals surface area contributed by atoms with E-state index in [-0.39, 0.29) is 17.8 Å². The van der Waals surface area contributed by atoms with Gasteiger partial charge >= 0.3 is 0 Å². The summed E-state index contributed by atoms with van der Waals surface area (Å²) in [4.78, 5) is 20.2. The normalized spacial score (nSPS) is 16.1. The van der Waals surface area contributed by atoms with E-state index in [0.717, 1.165) is 41.5 Å². The maximum absolute atomic E-state index is 13.7. The molecule has 1 atom stereocenters. The molecule has 0 aliphatic carbocycles. The van der Waals surface area contributed by atoms with E-state index >= 15 is 0 Å². The van der Waals surface area contributed by atoms with Crippen molar-refractivity contribution < 1.29 is 18.7 Å². The molecule has 166 valence electrons. The first kappa shape index (κ1) is 21.0. The number of rotatable bonds is 7. The van der Waals surface area contributed by atoms with E-state index in [9.17, 15) is 4.79 Å². The predicted molar refractivity (Wildman–Crippen MR) is 127 cm³/mol. The van der Waals surface area contributed by atoms with Crippen molar-refractivity contribution in [3.05, 3.63) is 53.8 Å². The fourth-order valence-corrected chi connectivity index (χ4v) is 5.11. The molecular weight excluding hydrogens is 424 g/mol. The molecule has 7 heteroatoms. The molecule has 0 radical (unpaired) electrons. The summed E-state index contributed by atoms with van der Waals surface area (Å²) < 4.78 is 18.6. The van der Waals surface area contributed by atoms with Crippen LogP contribution >= 0.6 is 11.3 Å². The van der Waals surface area contributed by atoms with Crippen LogP contribution in [0.15, 0.2) is 46.9 Å². The first-order valence-electron chi connectivity index (χ1n) is 11.1. The number of nitrogens with zero attached hydrogens (tertiary/aromatic N) is 2. The zero-order valence-corrected chi connectivity index (χ0v) is 19.1. The summed E-state index contributed by atoms with van der Waals surface area (Å²) in [5.41, 5.74) is 2.74. The lowest BCUT2D eigenvalue weighted by Gasteiger charge is -2.22. The number of aromatic nitrogens is 1. The summed E-state index contributed by atoms with van der Waals surface area (Å²) in [6.45, 7) is 5.77. The molecule has 2 aromatic carbocycles. The van der Waals surface area contributed by atoms with Crippen LogP contribution in [0.5, 0.6) is 5.75 Å². The van der Waals surface area contributed by atoms with Gasteiger partial charge in [-0.25, -0.2) is 4.98 Å². The van der Waals surface area contributed by atoms with Crippen LogP contribution in [0.25, 0.3) is 21.2 Å². The number of carbonyl (C=O) groups is 1. The molecule has 1 saturated heterocycles. The quantitative estimate of drug-likeness (QED) is 0.354. The van der Waals surface area contributed by atoms with Crippen LogP contribution < -0.4 is 9.64 Å². The van der Waals surface area contributed by atoms with E-state index in [4.69, 9.17) is 18.9 Å². The van der Waals surface area contributed by atoms with Crippen LogP contribution in [0.2, 0.25) is 0 Å². The summed E-state index contributed by atoms with van der Waals surface area (Å²) in [5, 5.41) is 1.51. The molecular formula is C25H26N2O4S. The number of anilines is 1. The highest BCUT2D eigenvalue weighted by Gasteiger charge is 2.29. The topological polar surface area (TPSA) is 64.8 Å². The number of ether oxygens (including phenoxy) is 2. The van der Waals surface area contributed by atoms with Gasteiger partial charge in [0.25, 0.3) is 5.91 Å². The minimum absolute atomic E-state index is 0.000490. The molecule has 32 heavy (non-hydrogen) atoms. The number of furan rings is 1. The number of amides is 1. The van der Waals surface area contributed by atoms with Crippen LogP contribution in [-0.2, 0) is 11.2 Å². The van der Waals surface area contributed by atoms with E-state index in [1.54, 1.807) is 11.0 Å². The minimum Gasteiger partial charge on any atom is -0.490 e. The number of fused-ring (bicyclic) bond motifs is 2. The van der Waals surface area contributed by atoms with Crippen molar-refractivity contribution in [1.82, 2.24) is 4.98 Å². The third-order valence-electron chi connectivity index (χ3n) is 5.75. The zero-order chi connectivity index (χ0) is 22.1. The first-order chi connectivity index (χ1) is 15.7. The van der Waals surface area contributed by atoms with Crippen molar-refractivity contribution in [2.45, 2.75) is 39.2 Å². The van der Waals surface area contributed by atoms with Gasteiger partial charge in [-0.2, -0.15) is 0 Å². The highest BCUT2D eigenvalue weighted by Crippen LogP contribution is 2.34. The van der Waals surface area contributed by atoms with Crippen LogP contribution in [0.1, 0.15) is 42.8 Å². The number of aryl methyl sites for hydroxylation is 1. The molecule has 0 spiro atoms. The highest BCUT2D eigenvalue weighted by molar-refractivity contribution is 7.22. The van der Waals surface area contributed by atoms with Crippen molar-refractivity contribution >= 4 is 43.6 Å². The van der Waals surface area contributed by atoms with Crippen LogP contribution in [0, 0.1) is 0 Å². The molecule has 0 bridgehead atoms. The van der Waals surface area contributed by atoms with Gasteiger partial charge in [0.2, 0.25) is 0 Å². The Labute approximate surface area is 190 Å². The monoisotopic (exact) mass is 450 g/mol. The molecule has 3 heterocycles. The molecule has 2 aromatic heterocycles. The van der Waals surface area contributed by atoms with Crippen molar-refractivity contribution in [3.63, 3.8) is 0 Å². The molecule has 5 rings (SSSR count). The van der Waals surface area contributed by atoms with Crippen LogP contribution in [0.4, 0.5) is 5.13 Å². The zero-order valence-electron chi connectivity index (χ0n) is 18.3. The largest absolute Gasteiger partial charge is 0.490 e. The van der Waals surface area contributed by atoms with Crippen molar-refractivity contribution in [2.75, 3.05) is 24.7 Å². The molecule has 6 nitrogen and oxygen atoms in total. The molecule has 1 amide bonds. The van der Waals surface area contributed by atoms with Gasteiger partial charge in [0.15, 0.2) is 22.2 Å². The number of para-hydroxylation sites is 1. The fraction of sp³-hybridized carbons (Fsp3) is 0.360. The summed E-state index contributed by atoms with van der Waals surface area (Å²) in [5.74, 6) is 0.703. The molecule has 1 aliphatic heterocycles. The van der Waals surface area contributed by atoms with E-state index in [2.05, 4.69) is 19.1 Å². The van der Waals surface area contributed by atoms with Gasteiger partial charge in [0, 0.05) is 12.0 Å². The van der Waals surface area contributed by atoms with Gasteiger partial charge in [0.1, 0.15) is 0 Å². The second-order valence-electron chi connectivity index (χ2n) is 7.92. The van der Waals surface area contributed by atoms with Gasteiger partial charge in [0.05, 0.1) is 29.5 Å². The SMILES string of the molecule is CCOc1cccc2cc(C(=O)N(CC3CCCO3)c3nc4ccc(CC)cc4s3)oc12. The lowest BCUT2D eigenvalue weighted by atomic mass is 10.2. The highest BCUT2D eigenvalue weighted by atomic mass is 32.1. The van der Waals surface area contributed by atoms with Gasteiger partial charge in [-0.1, -0.05) is 36.5 Å². The molecule has 1 fully saturated rings. The first-order valence-corrected chi connectivity index (χ1v) is 12.0. The number of carbonyl (C=O) groups excluding carboxylic acids is 1. The van der Waals surface area contributed by atoms with Crippen molar-refractivity contribution in [3.8, 4) is 5.75 Å². The lowest BCUT2D eigenvalue weighted by molar-refractivity contribution is 0.0896. The Morgan fingerprint density at radius 3 is 2.94 bits per heavy atom. The van der Waals surface area contributed by atoms with Gasteiger partial charge in [-0.3, -0.25) is 9.69 Å². The average molecular weight is 451 g/mol. The molecule has 0 saturated carbocycles.